The highest BCUT2D eigenvalue weighted by Gasteiger charge is 2.22. The van der Waals surface area contributed by atoms with Gasteiger partial charge in [-0.05, 0) is 43.5 Å². The van der Waals surface area contributed by atoms with Crippen molar-refractivity contribution in [3.63, 3.8) is 0 Å². The van der Waals surface area contributed by atoms with Gasteiger partial charge in [0, 0.05) is 30.0 Å². The number of hydrogen-bond donors (Lipinski definition) is 0. The predicted octanol–water partition coefficient (Wildman–Crippen LogP) is 5.39. The van der Waals surface area contributed by atoms with Crippen molar-refractivity contribution in [1.82, 2.24) is 4.98 Å². The van der Waals surface area contributed by atoms with Crippen LogP contribution in [-0.4, -0.2) is 23.2 Å². The zero-order valence-electron chi connectivity index (χ0n) is 17.0. The molecule has 0 aliphatic carbocycles. The number of aryl methyl sites for hydroxylation is 2. The molecule has 0 unspecified atom stereocenters. The van der Waals surface area contributed by atoms with Crippen LogP contribution in [0, 0.1) is 18.3 Å². The topological polar surface area (TPSA) is 57.0 Å². The van der Waals surface area contributed by atoms with Gasteiger partial charge in [-0.3, -0.25) is 4.79 Å². The van der Waals surface area contributed by atoms with Crippen molar-refractivity contribution in [1.29, 1.82) is 5.26 Å². The second-order valence-electron chi connectivity index (χ2n) is 7.40. The predicted molar refractivity (Wildman–Crippen MR) is 122 cm³/mol. The number of thioether (sulfide) groups is 1. The number of hydrogen-bond acceptors (Lipinski definition) is 4. The molecular formula is C25H23N3OS. The summed E-state index contributed by atoms with van der Waals surface area (Å²) in [6.45, 7) is 2.82. The van der Waals surface area contributed by atoms with E-state index in [4.69, 9.17) is 4.98 Å². The van der Waals surface area contributed by atoms with E-state index in [1.54, 1.807) is 0 Å². The quantitative estimate of drug-likeness (QED) is 0.526. The van der Waals surface area contributed by atoms with Crippen molar-refractivity contribution >= 4 is 23.4 Å². The molecule has 2 aromatic carbocycles. The van der Waals surface area contributed by atoms with Gasteiger partial charge in [-0.25, -0.2) is 4.98 Å². The van der Waals surface area contributed by atoms with Gasteiger partial charge in [0.2, 0.25) is 5.91 Å². The molecule has 2 heterocycles. The smallest absolute Gasteiger partial charge is 0.227 e. The lowest BCUT2D eigenvalue weighted by molar-refractivity contribution is -0.118. The second kappa shape index (κ2) is 9.15. The van der Waals surface area contributed by atoms with Crippen LogP contribution in [0.1, 0.15) is 29.5 Å². The fourth-order valence-electron chi connectivity index (χ4n) is 3.68. The van der Waals surface area contributed by atoms with Crippen LogP contribution in [0.25, 0.3) is 11.3 Å². The maximum absolute atomic E-state index is 12.9. The van der Waals surface area contributed by atoms with E-state index in [-0.39, 0.29) is 5.91 Å². The third-order valence-corrected chi connectivity index (χ3v) is 6.29. The molecule has 1 aliphatic rings. The molecule has 1 aliphatic heterocycles. The molecule has 150 valence electrons. The van der Waals surface area contributed by atoms with Crippen LogP contribution in [0.2, 0.25) is 0 Å². The molecule has 0 fully saturated rings. The summed E-state index contributed by atoms with van der Waals surface area (Å²) in [6.07, 6.45) is 2.44. The number of benzene rings is 2. The van der Waals surface area contributed by atoms with Crippen molar-refractivity contribution in [2.75, 3.05) is 17.2 Å². The molecule has 0 N–H and O–H groups in total. The Bertz CT molecular complexity index is 1100. The Morgan fingerprint density at radius 3 is 2.73 bits per heavy atom. The number of anilines is 1. The number of aromatic nitrogens is 1. The van der Waals surface area contributed by atoms with Gasteiger partial charge in [0.15, 0.2) is 0 Å². The molecular weight excluding hydrogens is 390 g/mol. The second-order valence-corrected chi connectivity index (χ2v) is 8.49. The summed E-state index contributed by atoms with van der Waals surface area (Å²) in [5, 5.41) is 10.1. The SMILES string of the molecule is Cc1ccc(-c2ccc(C#N)c(SCCC(=O)N3CCCc4ccccc43)n2)cc1. The molecule has 0 atom stereocenters. The molecule has 30 heavy (non-hydrogen) atoms. The van der Waals surface area contributed by atoms with E-state index >= 15 is 0 Å². The summed E-state index contributed by atoms with van der Waals surface area (Å²) >= 11 is 1.48. The first-order chi connectivity index (χ1) is 14.7. The minimum Gasteiger partial charge on any atom is -0.312 e. The third-order valence-electron chi connectivity index (χ3n) is 5.29. The van der Waals surface area contributed by atoms with Crippen LogP contribution in [0.3, 0.4) is 0 Å². The highest BCUT2D eigenvalue weighted by molar-refractivity contribution is 7.99. The molecule has 0 saturated heterocycles. The van der Waals surface area contributed by atoms with E-state index in [0.717, 1.165) is 36.3 Å². The minimum absolute atomic E-state index is 0.128. The molecule has 4 nitrogen and oxygen atoms in total. The van der Waals surface area contributed by atoms with Crippen LogP contribution < -0.4 is 4.90 Å². The first kappa shape index (κ1) is 20.2. The molecule has 4 rings (SSSR count). The zero-order chi connectivity index (χ0) is 20.9. The molecule has 0 saturated carbocycles. The van der Waals surface area contributed by atoms with Crippen molar-refractivity contribution in [3.8, 4) is 17.3 Å². The summed E-state index contributed by atoms with van der Waals surface area (Å²) in [5.41, 5.74) is 5.88. The summed E-state index contributed by atoms with van der Waals surface area (Å²) in [4.78, 5) is 19.5. The minimum atomic E-state index is 0.128. The number of fused-ring (bicyclic) bond motifs is 1. The van der Waals surface area contributed by atoms with E-state index in [0.29, 0.717) is 22.8 Å². The molecule has 0 bridgehead atoms. The lowest BCUT2D eigenvalue weighted by Crippen LogP contribution is -2.35. The maximum atomic E-state index is 12.9. The Morgan fingerprint density at radius 1 is 1.13 bits per heavy atom. The summed E-state index contributed by atoms with van der Waals surface area (Å²) in [7, 11) is 0. The number of rotatable bonds is 5. The van der Waals surface area contributed by atoms with Gasteiger partial charge in [0.05, 0.1) is 11.3 Å². The highest BCUT2D eigenvalue weighted by atomic mass is 32.2. The van der Waals surface area contributed by atoms with Crippen molar-refractivity contribution in [2.24, 2.45) is 0 Å². The normalized spacial score (nSPS) is 12.9. The van der Waals surface area contributed by atoms with Crippen LogP contribution in [-0.2, 0) is 11.2 Å². The number of carbonyl (C=O) groups is 1. The lowest BCUT2D eigenvalue weighted by atomic mass is 10.0. The van der Waals surface area contributed by atoms with Gasteiger partial charge in [-0.2, -0.15) is 5.26 Å². The van der Waals surface area contributed by atoms with Gasteiger partial charge in [0.25, 0.3) is 0 Å². The Morgan fingerprint density at radius 2 is 1.93 bits per heavy atom. The van der Waals surface area contributed by atoms with E-state index < -0.39 is 0 Å². The Kier molecular flexibility index (Phi) is 6.15. The number of carbonyl (C=O) groups excluding carboxylic acids is 1. The fraction of sp³-hybridized carbons (Fsp3) is 0.240. The number of pyridine rings is 1. The monoisotopic (exact) mass is 413 g/mol. The number of nitrogens with zero attached hydrogens (tertiary/aromatic N) is 3. The van der Waals surface area contributed by atoms with Gasteiger partial charge >= 0.3 is 0 Å². The molecule has 0 radical (unpaired) electrons. The first-order valence-electron chi connectivity index (χ1n) is 10.1. The summed E-state index contributed by atoms with van der Waals surface area (Å²) < 4.78 is 0. The Labute approximate surface area is 181 Å². The largest absolute Gasteiger partial charge is 0.312 e. The lowest BCUT2D eigenvalue weighted by Gasteiger charge is -2.29. The average Bonchev–Trinajstić information content (AvgIpc) is 2.79. The van der Waals surface area contributed by atoms with E-state index in [2.05, 4.69) is 31.2 Å². The van der Waals surface area contributed by atoms with Gasteiger partial charge in [-0.1, -0.05) is 48.0 Å². The van der Waals surface area contributed by atoms with Crippen LogP contribution in [0.15, 0.2) is 65.7 Å². The van der Waals surface area contributed by atoms with Crippen molar-refractivity contribution in [2.45, 2.75) is 31.2 Å². The Hall–Kier alpha value is -3.10. The van der Waals surface area contributed by atoms with Gasteiger partial charge in [0.1, 0.15) is 11.1 Å². The van der Waals surface area contributed by atoms with Crippen molar-refractivity contribution in [3.05, 3.63) is 77.4 Å². The van der Waals surface area contributed by atoms with Gasteiger partial charge < -0.3 is 4.90 Å². The van der Waals surface area contributed by atoms with Gasteiger partial charge in [-0.15, -0.1) is 11.8 Å². The summed E-state index contributed by atoms with van der Waals surface area (Å²) in [5.74, 6) is 0.721. The fourth-order valence-corrected chi connectivity index (χ4v) is 4.59. The van der Waals surface area contributed by atoms with E-state index in [9.17, 15) is 10.1 Å². The summed E-state index contributed by atoms with van der Waals surface area (Å²) in [6, 6.07) is 22.2. The maximum Gasteiger partial charge on any atom is 0.227 e. The van der Waals surface area contributed by atoms with Crippen LogP contribution in [0.4, 0.5) is 5.69 Å². The number of para-hydroxylation sites is 1. The number of amides is 1. The molecule has 1 aromatic heterocycles. The van der Waals surface area contributed by atoms with Crippen LogP contribution >= 0.6 is 11.8 Å². The van der Waals surface area contributed by atoms with E-state index in [1.165, 1.54) is 22.9 Å². The van der Waals surface area contributed by atoms with Crippen molar-refractivity contribution < 1.29 is 4.79 Å². The first-order valence-corrected chi connectivity index (χ1v) is 11.1. The zero-order valence-corrected chi connectivity index (χ0v) is 17.8. The molecule has 3 aromatic rings. The average molecular weight is 414 g/mol. The third kappa shape index (κ3) is 4.39. The van der Waals surface area contributed by atoms with E-state index in [1.807, 2.05) is 47.4 Å². The van der Waals surface area contributed by atoms with Crippen LogP contribution in [0.5, 0.6) is 0 Å². The standard InChI is InChI=1S/C25H23N3OS/c1-18-8-10-19(11-9-18)22-13-12-21(17-26)25(27-22)30-16-14-24(29)28-15-4-6-20-5-2-3-7-23(20)28/h2-3,5,7-13H,4,6,14-16H2,1H3. The highest BCUT2D eigenvalue weighted by Crippen LogP contribution is 2.29. The number of nitriles is 1. The molecule has 1 amide bonds. The Balaban J connectivity index is 1.45. The molecule has 0 spiro atoms. The molecule has 5 heteroatoms.